The highest BCUT2D eigenvalue weighted by Crippen LogP contribution is 2.31. The predicted octanol–water partition coefficient (Wildman–Crippen LogP) is 5.03. The van der Waals surface area contributed by atoms with Gasteiger partial charge in [-0.3, -0.25) is 4.79 Å². The summed E-state index contributed by atoms with van der Waals surface area (Å²) in [5.41, 5.74) is 0.941. The molecule has 0 radical (unpaired) electrons. The number of amides is 1. The molecule has 1 aromatic heterocycles. The smallest absolute Gasteiger partial charge is 0.337 e. The number of carbonyl (C=O) groups is 2. The van der Waals surface area contributed by atoms with Crippen LogP contribution in [0, 0.1) is 0 Å². The van der Waals surface area contributed by atoms with Gasteiger partial charge in [-0.1, -0.05) is 35.0 Å². The second kappa shape index (κ2) is 10.5. The third-order valence-electron chi connectivity index (χ3n) is 3.88. The first-order valence-electron chi connectivity index (χ1n) is 8.92. The van der Waals surface area contributed by atoms with Crippen LogP contribution in [0.1, 0.15) is 29.3 Å². The number of esters is 1. The van der Waals surface area contributed by atoms with Crippen molar-refractivity contribution in [2.75, 3.05) is 18.2 Å². The minimum Gasteiger partial charge on any atom is -0.479 e. The molecule has 2 aromatic carbocycles. The van der Waals surface area contributed by atoms with Gasteiger partial charge in [-0.15, -0.1) is 10.2 Å². The molecule has 11 heteroatoms. The Balaban J connectivity index is 1.51. The summed E-state index contributed by atoms with van der Waals surface area (Å²) in [6.45, 7) is 1.73. The van der Waals surface area contributed by atoms with Crippen LogP contribution in [0.15, 0.2) is 52.1 Å². The van der Waals surface area contributed by atoms with E-state index >= 15 is 0 Å². The quantitative estimate of drug-likeness (QED) is 0.352. The van der Waals surface area contributed by atoms with Crippen LogP contribution in [0.25, 0.3) is 0 Å². The predicted molar refractivity (Wildman–Crippen MR) is 117 cm³/mol. The first kappa shape index (κ1) is 22.9. The van der Waals surface area contributed by atoms with Crippen molar-refractivity contribution in [1.82, 2.24) is 10.2 Å². The molecule has 162 valence electrons. The van der Waals surface area contributed by atoms with Gasteiger partial charge < -0.3 is 19.2 Å². The highest BCUT2D eigenvalue weighted by atomic mass is 35.5. The Morgan fingerprint density at radius 2 is 1.90 bits per heavy atom. The molecule has 31 heavy (non-hydrogen) atoms. The maximum Gasteiger partial charge on any atom is 0.337 e. The fraction of sp³-hybridized carbons (Fsp3) is 0.200. The Morgan fingerprint density at radius 1 is 1.16 bits per heavy atom. The number of rotatable bonds is 8. The number of methoxy groups -OCH3 is 1. The Bertz CT molecular complexity index is 1070. The zero-order valence-corrected chi connectivity index (χ0v) is 18.8. The maximum atomic E-state index is 12.1. The molecule has 0 unspecified atom stereocenters. The van der Waals surface area contributed by atoms with E-state index in [-0.39, 0.29) is 22.8 Å². The summed E-state index contributed by atoms with van der Waals surface area (Å²) < 4.78 is 15.9. The van der Waals surface area contributed by atoms with E-state index in [2.05, 4.69) is 20.3 Å². The van der Waals surface area contributed by atoms with Gasteiger partial charge in [-0.2, -0.15) is 0 Å². The highest BCUT2D eigenvalue weighted by molar-refractivity contribution is 7.99. The summed E-state index contributed by atoms with van der Waals surface area (Å²) in [5.74, 6) is 0.0133. The van der Waals surface area contributed by atoms with Crippen LogP contribution in [-0.4, -0.2) is 34.9 Å². The Morgan fingerprint density at radius 3 is 2.58 bits per heavy atom. The van der Waals surface area contributed by atoms with Gasteiger partial charge in [-0.05, 0) is 49.4 Å². The third kappa shape index (κ3) is 6.36. The van der Waals surface area contributed by atoms with Crippen molar-refractivity contribution in [3.63, 3.8) is 0 Å². The lowest BCUT2D eigenvalue weighted by atomic mass is 10.2. The molecule has 0 bridgehead atoms. The zero-order valence-electron chi connectivity index (χ0n) is 16.4. The normalized spacial score (nSPS) is 11.6. The van der Waals surface area contributed by atoms with E-state index in [0.717, 1.165) is 11.8 Å². The molecular weight excluding hydrogens is 465 g/mol. The van der Waals surface area contributed by atoms with Crippen LogP contribution in [0.4, 0.5) is 5.69 Å². The Labute approximate surface area is 192 Å². The number of ether oxygens (including phenoxy) is 2. The van der Waals surface area contributed by atoms with Gasteiger partial charge in [0.25, 0.3) is 11.1 Å². The SMILES string of the molecule is COC(=O)c1ccc(NC(=O)CSc2nnc([C@@H](C)Oc3ccc(Cl)cc3Cl)o2)cc1. The van der Waals surface area contributed by atoms with Crippen molar-refractivity contribution < 1.29 is 23.5 Å². The lowest BCUT2D eigenvalue weighted by Gasteiger charge is -2.12. The average molecular weight is 482 g/mol. The molecule has 1 amide bonds. The largest absolute Gasteiger partial charge is 0.479 e. The molecule has 0 aliphatic carbocycles. The Hall–Kier alpha value is -2.75. The van der Waals surface area contributed by atoms with Crippen LogP contribution in [0.5, 0.6) is 5.75 Å². The number of halogens is 2. The first-order chi connectivity index (χ1) is 14.9. The lowest BCUT2D eigenvalue weighted by molar-refractivity contribution is -0.113. The van der Waals surface area contributed by atoms with E-state index in [9.17, 15) is 9.59 Å². The molecule has 3 rings (SSSR count). The van der Waals surface area contributed by atoms with Crippen LogP contribution in [0.3, 0.4) is 0 Å². The second-order valence-electron chi connectivity index (χ2n) is 6.15. The number of thioether (sulfide) groups is 1. The van der Waals surface area contributed by atoms with Crippen molar-refractivity contribution in [2.24, 2.45) is 0 Å². The van der Waals surface area contributed by atoms with Crippen LogP contribution < -0.4 is 10.1 Å². The highest BCUT2D eigenvalue weighted by Gasteiger charge is 2.18. The molecule has 3 aromatic rings. The molecule has 1 heterocycles. The van der Waals surface area contributed by atoms with E-state index in [4.69, 9.17) is 32.4 Å². The van der Waals surface area contributed by atoms with Crippen LogP contribution >= 0.6 is 35.0 Å². The third-order valence-corrected chi connectivity index (χ3v) is 5.23. The van der Waals surface area contributed by atoms with Crippen LogP contribution in [-0.2, 0) is 9.53 Å². The summed E-state index contributed by atoms with van der Waals surface area (Å²) in [6.07, 6.45) is -0.553. The standard InChI is InChI=1S/C20H17Cl2N3O5S/c1-11(29-16-8-5-13(21)9-15(16)22)18-24-25-20(30-18)31-10-17(26)23-14-6-3-12(4-7-14)19(27)28-2/h3-9,11H,10H2,1-2H3,(H,23,26)/t11-/m1/s1. The van der Waals surface area contributed by atoms with Crippen molar-refractivity contribution in [3.8, 4) is 5.75 Å². The van der Waals surface area contributed by atoms with Gasteiger partial charge in [0.2, 0.25) is 5.91 Å². The molecule has 0 saturated heterocycles. The van der Waals surface area contributed by atoms with Crippen molar-refractivity contribution in [3.05, 3.63) is 64.0 Å². The number of nitrogens with zero attached hydrogens (tertiary/aromatic N) is 2. The monoisotopic (exact) mass is 481 g/mol. The number of benzene rings is 2. The molecule has 0 spiro atoms. The summed E-state index contributed by atoms with van der Waals surface area (Å²) in [5, 5.41) is 11.7. The number of anilines is 1. The number of nitrogens with one attached hydrogen (secondary N) is 1. The summed E-state index contributed by atoms with van der Waals surface area (Å²) >= 11 is 13.1. The van der Waals surface area contributed by atoms with E-state index < -0.39 is 12.1 Å². The zero-order chi connectivity index (χ0) is 22.4. The number of hydrogen-bond donors (Lipinski definition) is 1. The topological polar surface area (TPSA) is 104 Å². The first-order valence-corrected chi connectivity index (χ1v) is 10.7. The second-order valence-corrected chi connectivity index (χ2v) is 7.92. The van der Waals surface area contributed by atoms with E-state index in [1.165, 1.54) is 7.11 Å². The fourth-order valence-corrected chi connectivity index (χ4v) is 3.41. The summed E-state index contributed by atoms with van der Waals surface area (Å²) in [7, 11) is 1.30. The maximum absolute atomic E-state index is 12.1. The molecule has 8 nitrogen and oxygen atoms in total. The fourth-order valence-electron chi connectivity index (χ4n) is 2.39. The minimum absolute atomic E-state index is 0.0542. The van der Waals surface area contributed by atoms with E-state index in [0.29, 0.717) is 27.0 Å². The molecule has 0 fully saturated rings. The lowest BCUT2D eigenvalue weighted by Crippen LogP contribution is -2.14. The summed E-state index contributed by atoms with van der Waals surface area (Å²) in [4.78, 5) is 23.6. The van der Waals surface area contributed by atoms with Gasteiger partial charge in [0.1, 0.15) is 5.75 Å². The van der Waals surface area contributed by atoms with Gasteiger partial charge in [0.05, 0.1) is 23.4 Å². The molecular formula is C20H17Cl2N3O5S. The van der Waals surface area contributed by atoms with Crippen LogP contribution in [0.2, 0.25) is 10.0 Å². The van der Waals surface area contributed by atoms with Crippen molar-refractivity contribution >= 4 is 52.5 Å². The van der Waals surface area contributed by atoms with Crippen molar-refractivity contribution in [2.45, 2.75) is 18.3 Å². The van der Waals surface area contributed by atoms with Crippen molar-refractivity contribution in [1.29, 1.82) is 0 Å². The van der Waals surface area contributed by atoms with Gasteiger partial charge >= 0.3 is 5.97 Å². The molecule has 1 atom stereocenters. The molecule has 0 aliphatic rings. The van der Waals surface area contributed by atoms with E-state index in [1.54, 1.807) is 49.4 Å². The summed E-state index contributed by atoms with van der Waals surface area (Å²) in [6, 6.07) is 11.2. The van der Waals surface area contributed by atoms with E-state index in [1.807, 2.05) is 0 Å². The number of carbonyl (C=O) groups excluding carboxylic acids is 2. The Kier molecular flexibility index (Phi) is 7.78. The molecule has 0 saturated carbocycles. The molecule has 1 N–H and O–H groups in total. The minimum atomic E-state index is -0.553. The molecule has 0 aliphatic heterocycles. The number of hydrogen-bond acceptors (Lipinski definition) is 8. The van der Waals surface area contributed by atoms with Gasteiger partial charge in [-0.25, -0.2) is 4.79 Å². The van der Waals surface area contributed by atoms with Gasteiger partial charge in [0.15, 0.2) is 6.10 Å². The van der Waals surface area contributed by atoms with Gasteiger partial charge in [0, 0.05) is 10.7 Å². The number of aromatic nitrogens is 2. The average Bonchev–Trinajstić information content (AvgIpc) is 3.23.